The van der Waals surface area contributed by atoms with Crippen LogP contribution in [0.25, 0.3) is 0 Å². The Kier molecular flexibility index (Phi) is 3.45. The lowest BCUT2D eigenvalue weighted by Crippen LogP contribution is -2.33. The van der Waals surface area contributed by atoms with Crippen LogP contribution in [0.1, 0.15) is 37.0 Å². The zero-order valence-corrected chi connectivity index (χ0v) is 11.0. The molecule has 0 spiro atoms. The normalized spacial score (nSPS) is 19.5. The molecular weight excluding hydrogens is 226 g/mol. The van der Waals surface area contributed by atoms with E-state index in [0.717, 1.165) is 12.2 Å². The van der Waals surface area contributed by atoms with Crippen molar-refractivity contribution in [1.29, 1.82) is 0 Å². The fourth-order valence-corrected chi connectivity index (χ4v) is 2.75. The van der Waals surface area contributed by atoms with Crippen LogP contribution in [-0.4, -0.2) is 18.5 Å². The molecule has 1 saturated heterocycles. The lowest BCUT2D eigenvalue weighted by Gasteiger charge is -2.30. The average molecular weight is 247 g/mol. The van der Waals surface area contributed by atoms with Crippen LogP contribution in [0.3, 0.4) is 0 Å². The number of rotatable bonds is 3. The molecule has 1 amide bonds. The summed E-state index contributed by atoms with van der Waals surface area (Å²) < 4.78 is 0. The van der Waals surface area contributed by atoms with Gasteiger partial charge >= 0.3 is 0 Å². The number of carbonyl (C=O) groups is 1. The summed E-state index contributed by atoms with van der Waals surface area (Å²) in [4.78, 5) is 13.5. The van der Waals surface area contributed by atoms with Gasteiger partial charge in [0.2, 0.25) is 5.91 Å². The Hall–Kier alpha value is -1.71. The van der Waals surface area contributed by atoms with E-state index >= 15 is 0 Å². The Balaban J connectivity index is 2.31. The monoisotopic (exact) mass is 247 g/mol. The van der Waals surface area contributed by atoms with Crippen molar-refractivity contribution >= 4 is 17.3 Å². The number of hydrogen-bond donors (Lipinski definition) is 2. The second-order valence-electron chi connectivity index (χ2n) is 5.28. The van der Waals surface area contributed by atoms with Crippen molar-refractivity contribution in [2.75, 3.05) is 17.2 Å². The van der Waals surface area contributed by atoms with Crippen LogP contribution in [0.5, 0.6) is 0 Å². The average Bonchev–Trinajstić information content (AvgIpc) is 2.77. The number of amides is 1. The summed E-state index contributed by atoms with van der Waals surface area (Å²) in [5.41, 5.74) is 13.4. The third-order valence-electron chi connectivity index (χ3n) is 3.69. The number of nitrogens with zero attached hydrogens (tertiary/aromatic N) is 1. The molecule has 1 aromatic carbocycles. The van der Waals surface area contributed by atoms with Gasteiger partial charge in [0.1, 0.15) is 0 Å². The number of hydrogen-bond acceptors (Lipinski definition) is 3. The van der Waals surface area contributed by atoms with Gasteiger partial charge in [-0.3, -0.25) is 4.79 Å². The second kappa shape index (κ2) is 4.88. The molecule has 18 heavy (non-hydrogen) atoms. The maximum atomic E-state index is 11.1. The predicted molar refractivity (Wildman–Crippen MR) is 74.6 cm³/mol. The highest BCUT2D eigenvalue weighted by molar-refractivity contribution is 5.95. The fourth-order valence-electron chi connectivity index (χ4n) is 2.75. The van der Waals surface area contributed by atoms with Gasteiger partial charge in [-0.2, -0.15) is 0 Å². The molecule has 0 radical (unpaired) electrons. The van der Waals surface area contributed by atoms with Crippen LogP contribution in [-0.2, 0) is 0 Å². The van der Waals surface area contributed by atoms with Crippen LogP contribution in [0, 0.1) is 5.92 Å². The van der Waals surface area contributed by atoms with Gasteiger partial charge in [0.25, 0.3) is 0 Å². The van der Waals surface area contributed by atoms with Crippen LogP contribution >= 0.6 is 0 Å². The van der Waals surface area contributed by atoms with E-state index in [-0.39, 0.29) is 0 Å². The topological polar surface area (TPSA) is 72.3 Å². The summed E-state index contributed by atoms with van der Waals surface area (Å²) in [5.74, 6) is 0.165. The van der Waals surface area contributed by atoms with Crippen LogP contribution < -0.4 is 16.4 Å². The molecule has 1 aliphatic heterocycles. The summed E-state index contributed by atoms with van der Waals surface area (Å²) in [6, 6.07) is 5.87. The zero-order chi connectivity index (χ0) is 13.3. The van der Waals surface area contributed by atoms with E-state index in [1.165, 1.54) is 12.8 Å². The molecule has 1 aliphatic rings. The van der Waals surface area contributed by atoms with Crippen molar-refractivity contribution in [1.82, 2.24) is 0 Å². The number of benzene rings is 1. The van der Waals surface area contributed by atoms with E-state index in [2.05, 4.69) is 18.7 Å². The quantitative estimate of drug-likeness (QED) is 0.802. The Morgan fingerprint density at radius 3 is 2.72 bits per heavy atom. The molecule has 0 saturated carbocycles. The molecule has 1 unspecified atom stereocenters. The second-order valence-corrected chi connectivity index (χ2v) is 5.28. The molecule has 1 aromatic rings. The minimum atomic E-state index is -0.435. The van der Waals surface area contributed by atoms with E-state index in [9.17, 15) is 4.79 Å². The number of anilines is 2. The molecule has 4 heteroatoms. The molecule has 98 valence electrons. The first-order valence-corrected chi connectivity index (χ1v) is 6.46. The summed E-state index contributed by atoms with van der Waals surface area (Å²) in [6.45, 7) is 5.50. The van der Waals surface area contributed by atoms with E-state index in [1.807, 2.05) is 6.07 Å². The van der Waals surface area contributed by atoms with Gasteiger partial charge < -0.3 is 16.4 Å². The zero-order valence-electron chi connectivity index (χ0n) is 11.0. The van der Waals surface area contributed by atoms with Crippen molar-refractivity contribution in [3.8, 4) is 0 Å². The number of nitrogens with two attached hydrogens (primary N) is 2. The van der Waals surface area contributed by atoms with E-state index in [1.54, 1.807) is 12.1 Å². The molecule has 1 heterocycles. The standard InChI is InChI=1S/C14H21N3O/c1-9(2)12-4-3-7-17(12)13-6-5-10(14(16)18)8-11(13)15/h5-6,8-9,12H,3-4,7,15H2,1-2H3,(H2,16,18). The Morgan fingerprint density at radius 2 is 2.17 bits per heavy atom. The molecule has 0 bridgehead atoms. The fraction of sp³-hybridized carbons (Fsp3) is 0.500. The van der Waals surface area contributed by atoms with Crippen LogP contribution in [0.15, 0.2) is 18.2 Å². The number of primary amides is 1. The highest BCUT2D eigenvalue weighted by Gasteiger charge is 2.28. The summed E-state index contributed by atoms with van der Waals surface area (Å²) in [6.07, 6.45) is 2.40. The summed E-state index contributed by atoms with van der Waals surface area (Å²) in [5, 5.41) is 0. The molecule has 0 aromatic heterocycles. The summed E-state index contributed by atoms with van der Waals surface area (Å²) in [7, 11) is 0. The molecular formula is C14H21N3O. The SMILES string of the molecule is CC(C)C1CCCN1c1ccc(C(N)=O)cc1N. The maximum absolute atomic E-state index is 11.1. The molecule has 1 fully saturated rings. The van der Waals surface area contributed by atoms with Crippen molar-refractivity contribution in [3.05, 3.63) is 23.8 Å². The minimum Gasteiger partial charge on any atom is -0.397 e. The van der Waals surface area contributed by atoms with Gasteiger partial charge in [-0.25, -0.2) is 0 Å². The van der Waals surface area contributed by atoms with Gasteiger partial charge in [-0.15, -0.1) is 0 Å². The van der Waals surface area contributed by atoms with Crippen LogP contribution in [0.4, 0.5) is 11.4 Å². The van der Waals surface area contributed by atoms with Crippen molar-refractivity contribution in [2.24, 2.45) is 11.7 Å². The first-order valence-electron chi connectivity index (χ1n) is 6.46. The van der Waals surface area contributed by atoms with Gasteiger partial charge in [-0.1, -0.05) is 13.8 Å². The molecule has 2 rings (SSSR count). The van der Waals surface area contributed by atoms with Gasteiger partial charge in [0, 0.05) is 18.2 Å². The first-order chi connectivity index (χ1) is 8.50. The van der Waals surface area contributed by atoms with E-state index < -0.39 is 5.91 Å². The highest BCUT2D eigenvalue weighted by atomic mass is 16.1. The summed E-state index contributed by atoms with van der Waals surface area (Å²) >= 11 is 0. The largest absolute Gasteiger partial charge is 0.397 e. The van der Waals surface area contributed by atoms with Gasteiger partial charge in [0.05, 0.1) is 11.4 Å². The Morgan fingerprint density at radius 1 is 1.44 bits per heavy atom. The number of carbonyl (C=O) groups excluding carboxylic acids is 1. The van der Waals surface area contributed by atoms with Gasteiger partial charge in [0.15, 0.2) is 0 Å². The van der Waals surface area contributed by atoms with Crippen molar-refractivity contribution < 1.29 is 4.79 Å². The van der Waals surface area contributed by atoms with E-state index in [0.29, 0.717) is 23.2 Å². The smallest absolute Gasteiger partial charge is 0.248 e. The first kappa shape index (κ1) is 12.7. The third kappa shape index (κ3) is 2.28. The van der Waals surface area contributed by atoms with Crippen molar-refractivity contribution in [2.45, 2.75) is 32.7 Å². The van der Waals surface area contributed by atoms with E-state index in [4.69, 9.17) is 11.5 Å². The lowest BCUT2D eigenvalue weighted by molar-refractivity contribution is 0.100. The Bertz CT molecular complexity index is 456. The molecule has 4 N–H and O–H groups in total. The molecule has 4 nitrogen and oxygen atoms in total. The predicted octanol–water partition coefficient (Wildman–Crippen LogP) is 1.99. The minimum absolute atomic E-state index is 0.435. The lowest BCUT2D eigenvalue weighted by atomic mass is 10.0. The Labute approximate surface area is 108 Å². The van der Waals surface area contributed by atoms with Crippen LogP contribution in [0.2, 0.25) is 0 Å². The molecule has 1 atom stereocenters. The highest BCUT2D eigenvalue weighted by Crippen LogP contribution is 2.33. The third-order valence-corrected chi connectivity index (χ3v) is 3.69. The molecule has 0 aliphatic carbocycles. The number of nitrogen functional groups attached to an aromatic ring is 1. The van der Waals surface area contributed by atoms with Crippen molar-refractivity contribution in [3.63, 3.8) is 0 Å². The van der Waals surface area contributed by atoms with Gasteiger partial charge in [-0.05, 0) is 37.0 Å². The maximum Gasteiger partial charge on any atom is 0.248 e.